The van der Waals surface area contributed by atoms with Gasteiger partial charge in [0.05, 0.1) is 12.7 Å². The summed E-state index contributed by atoms with van der Waals surface area (Å²) in [5.41, 5.74) is 0.802. The summed E-state index contributed by atoms with van der Waals surface area (Å²) in [6.45, 7) is 2.78. The maximum atomic E-state index is 13.0. The van der Waals surface area contributed by atoms with Gasteiger partial charge in [-0.15, -0.1) is 0 Å². The highest BCUT2D eigenvalue weighted by Gasteiger charge is 2.31. The Bertz CT molecular complexity index is 891. The lowest BCUT2D eigenvalue weighted by molar-refractivity contribution is -0.137. The summed E-state index contributed by atoms with van der Waals surface area (Å²) in [4.78, 5) is 12.4. The molecule has 0 spiro atoms. The largest absolute Gasteiger partial charge is 0.496 e. The highest BCUT2D eigenvalue weighted by atomic mass is 19.4. The van der Waals surface area contributed by atoms with Gasteiger partial charge in [0.15, 0.2) is 0 Å². The summed E-state index contributed by atoms with van der Waals surface area (Å²) in [6.07, 6.45) is -0.538. The highest BCUT2D eigenvalue weighted by molar-refractivity contribution is 5.94. The van der Waals surface area contributed by atoms with E-state index in [0.717, 1.165) is 55.7 Å². The van der Waals surface area contributed by atoms with Crippen LogP contribution in [0.5, 0.6) is 5.75 Å². The van der Waals surface area contributed by atoms with Crippen LogP contribution < -0.4 is 15.4 Å². The van der Waals surface area contributed by atoms with E-state index in [1.54, 1.807) is 14.0 Å². The van der Waals surface area contributed by atoms with Gasteiger partial charge in [-0.2, -0.15) is 13.2 Å². The van der Waals surface area contributed by atoms with E-state index in [1.807, 2.05) is 24.3 Å². The molecule has 31 heavy (non-hydrogen) atoms. The second kappa shape index (κ2) is 10.2. The van der Waals surface area contributed by atoms with Gasteiger partial charge in [-0.3, -0.25) is 4.79 Å². The molecule has 1 fully saturated rings. The Kier molecular flexibility index (Phi) is 7.59. The fraction of sp³-hybridized carbons (Fsp3) is 0.458. The number of para-hydroxylation sites is 1. The minimum absolute atomic E-state index is 0.0551. The van der Waals surface area contributed by atoms with Gasteiger partial charge >= 0.3 is 6.18 Å². The number of aryl methyl sites for hydroxylation is 1. The van der Waals surface area contributed by atoms with E-state index in [1.165, 1.54) is 6.07 Å². The molecule has 7 heteroatoms. The molecule has 0 saturated heterocycles. The third-order valence-corrected chi connectivity index (χ3v) is 5.84. The predicted octanol–water partition coefficient (Wildman–Crippen LogP) is 5.10. The Morgan fingerprint density at radius 3 is 2.48 bits per heavy atom. The molecule has 0 aliphatic heterocycles. The minimum atomic E-state index is -4.46. The van der Waals surface area contributed by atoms with Gasteiger partial charge in [-0.05, 0) is 68.4 Å². The van der Waals surface area contributed by atoms with Crippen molar-refractivity contribution in [3.8, 4) is 5.75 Å². The maximum absolute atomic E-state index is 13.0. The highest BCUT2D eigenvalue weighted by Crippen LogP contribution is 2.31. The molecule has 0 atom stereocenters. The Morgan fingerprint density at radius 2 is 1.81 bits per heavy atom. The average Bonchev–Trinajstić information content (AvgIpc) is 2.76. The molecule has 168 valence electrons. The number of rotatable bonds is 7. The van der Waals surface area contributed by atoms with Gasteiger partial charge in [0.2, 0.25) is 0 Å². The van der Waals surface area contributed by atoms with Crippen LogP contribution in [-0.2, 0) is 12.7 Å². The number of methoxy groups -OCH3 is 1. The van der Waals surface area contributed by atoms with E-state index in [0.29, 0.717) is 24.1 Å². The smallest absolute Gasteiger partial charge is 0.416 e. The van der Waals surface area contributed by atoms with E-state index in [9.17, 15) is 18.0 Å². The quantitative estimate of drug-likeness (QED) is 0.637. The lowest BCUT2D eigenvalue weighted by Gasteiger charge is -2.29. The molecule has 2 aromatic carbocycles. The Labute approximate surface area is 181 Å². The number of nitrogens with one attached hydrogen (secondary N) is 2. The minimum Gasteiger partial charge on any atom is -0.496 e. The molecule has 4 nitrogen and oxygen atoms in total. The van der Waals surface area contributed by atoms with Crippen LogP contribution in [0.2, 0.25) is 0 Å². The summed E-state index contributed by atoms with van der Waals surface area (Å²) in [5, 5.41) is 6.40. The summed E-state index contributed by atoms with van der Waals surface area (Å²) >= 11 is 0. The van der Waals surface area contributed by atoms with Crippen molar-refractivity contribution in [1.29, 1.82) is 0 Å². The topological polar surface area (TPSA) is 50.4 Å². The normalized spacial score (nSPS) is 19.1. The van der Waals surface area contributed by atoms with E-state index in [-0.39, 0.29) is 5.56 Å². The van der Waals surface area contributed by atoms with Gasteiger partial charge < -0.3 is 15.4 Å². The van der Waals surface area contributed by atoms with Crippen LogP contribution in [0.1, 0.15) is 52.7 Å². The van der Waals surface area contributed by atoms with Crippen molar-refractivity contribution in [1.82, 2.24) is 10.6 Å². The molecule has 1 aliphatic carbocycles. The molecule has 0 bridgehead atoms. The fourth-order valence-corrected chi connectivity index (χ4v) is 4.09. The van der Waals surface area contributed by atoms with Crippen LogP contribution >= 0.6 is 0 Å². The number of ether oxygens (including phenoxy) is 1. The number of hydrogen-bond donors (Lipinski definition) is 2. The zero-order valence-corrected chi connectivity index (χ0v) is 17.9. The number of carbonyl (C=O) groups excluding carboxylic acids is 1. The van der Waals surface area contributed by atoms with Gasteiger partial charge in [-0.1, -0.05) is 18.2 Å². The Morgan fingerprint density at radius 1 is 1.10 bits per heavy atom. The van der Waals surface area contributed by atoms with Crippen molar-refractivity contribution in [2.75, 3.05) is 13.7 Å². The molecule has 2 N–H and O–H groups in total. The molecule has 1 saturated carbocycles. The Hall–Kier alpha value is -2.54. The van der Waals surface area contributed by atoms with E-state index in [4.69, 9.17) is 4.74 Å². The lowest BCUT2D eigenvalue weighted by atomic mass is 9.86. The van der Waals surface area contributed by atoms with E-state index in [2.05, 4.69) is 10.6 Å². The third kappa shape index (κ3) is 6.47. The first-order valence-electron chi connectivity index (χ1n) is 10.6. The van der Waals surface area contributed by atoms with Gasteiger partial charge in [0, 0.05) is 30.3 Å². The van der Waals surface area contributed by atoms with Crippen molar-refractivity contribution in [3.63, 3.8) is 0 Å². The van der Waals surface area contributed by atoms with Crippen LogP contribution in [-0.4, -0.2) is 25.6 Å². The molecular weight excluding hydrogens is 405 g/mol. The predicted molar refractivity (Wildman–Crippen MR) is 114 cm³/mol. The average molecular weight is 435 g/mol. The van der Waals surface area contributed by atoms with Crippen LogP contribution in [0.15, 0.2) is 42.5 Å². The number of amides is 1. The standard InChI is InChI=1S/C24H29F3N2O2/c1-16-11-19(13-20(12-16)24(25,26)27)23(30)29-14-17-7-9-21(10-8-17)28-15-18-5-3-4-6-22(18)31-2/h3-6,11-13,17,21,28H,7-10,14-15H2,1-2H3,(H,29,30)/t17-,21-. The first-order valence-corrected chi connectivity index (χ1v) is 10.6. The van der Waals surface area contributed by atoms with Crippen molar-refractivity contribution < 1.29 is 22.7 Å². The lowest BCUT2D eigenvalue weighted by Crippen LogP contribution is -2.36. The first-order chi connectivity index (χ1) is 14.8. The number of halogens is 3. The SMILES string of the molecule is COc1ccccc1CN[C@H]1CC[C@H](CNC(=O)c2cc(C)cc(C(F)(F)F)c2)CC1. The van der Waals surface area contributed by atoms with Crippen LogP contribution in [0, 0.1) is 12.8 Å². The summed E-state index contributed by atoms with van der Waals surface area (Å²) in [6, 6.07) is 11.8. The molecule has 0 heterocycles. The number of hydrogen-bond acceptors (Lipinski definition) is 3. The molecule has 0 radical (unpaired) electrons. The van der Waals surface area contributed by atoms with E-state index < -0.39 is 17.6 Å². The van der Waals surface area contributed by atoms with Gasteiger partial charge in [0.25, 0.3) is 5.91 Å². The van der Waals surface area contributed by atoms with Gasteiger partial charge in [-0.25, -0.2) is 0 Å². The number of carbonyl (C=O) groups is 1. The molecule has 0 unspecified atom stereocenters. The second-order valence-electron chi connectivity index (χ2n) is 8.21. The van der Waals surface area contributed by atoms with Gasteiger partial charge in [0.1, 0.15) is 5.75 Å². The molecule has 3 rings (SSSR count). The molecule has 1 aliphatic rings. The summed E-state index contributed by atoms with van der Waals surface area (Å²) in [5.74, 6) is 0.752. The Balaban J connectivity index is 1.45. The second-order valence-corrected chi connectivity index (χ2v) is 8.21. The van der Waals surface area contributed by atoms with Crippen molar-refractivity contribution in [2.24, 2.45) is 5.92 Å². The number of benzene rings is 2. The van der Waals surface area contributed by atoms with E-state index >= 15 is 0 Å². The van der Waals surface area contributed by atoms with Crippen molar-refractivity contribution in [2.45, 2.75) is 51.4 Å². The molecular formula is C24H29F3N2O2. The van der Waals surface area contributed by atoms with Crippen LogP contribution in [0.3, 0.4) is 0 Å². The van der Waals surface area contributed by atoms with Crippen molar-refractivity contribution in [3.05, 3.63) is 64.7 Å². The first kappa shape index (κ1) is 23.1. The third-order valence-electron chi connectivity index (χ3n) is 5.84. The van der Waals surface area contributed by atoms with Crippen LogP contribution in [0.4, 0.5) is 13.2 Å². The summed E-state index contributed by atoms with van der Waals surface area (Å²) in [7, 11) is 1.67. The molecule has 1 amide bonds. The zero-order valence-electron chi connectivity index (χ0n) is 17.9. The molecule has 2 aromatic rings. The number of alkyl halides is 3. The molecule has 0 aromatic heterocycles. The monoisotopic (exact) mass is 434 g/mol. The fourth-order valence-electron chi connectivity index (χ4n) is 4.09. The zero-order chi connectivity index (χ0) is 22.4. The van der Waals surface area contributed by atoms with Crippen molar-refractivity contribution >= 4 is 5.91 Å². The van der Waals surface area contributed by atoms with Crippen LogP contribution in [0.25, 0.3) is 0 Å². The maximum Gasteiger partial charge on any atom is 0.416 e. The summed E-state index contributed by atoms with van der Waals surface area (Å²) < 4.78 is 44.4.